The summed E-state index contributed by atoms with van der Waals surface area (Å²) >= 11 is 0. The van der Waals surface area contributed by atoms with Gasteiger partial charge in [0.2, 0.25) is 5.91 Å². The molecule has 0 heterocycles. The van der Waals surface area contributed by atoms with Gasteiger partial charge < -0.3 is 20.5 Å². The van der Waals surface area contributed by atoms with E-state index in [0.29, 0.717) is 6.42 Å². The zero-order valence-electron chi connectivity index (χ0n) is 19.6. The fraction of sp³-hybridized carbons (Fsp3) is 0.423. The molecule has 0 aliphatic heterocycles. The molecule has 2 aromatic carbocycles. The van der Waals surface area contributed by atoms with E-state index < -0.39 is 29.6 Å². The summed E-state index contributed by atoms with van der Waals surface area (Å²) in [7, 11) is 0. The van der Waals surface area contributed by atoms with E-state index in [4.69, 9.17) is 9.84 Å². The summed E-state index contributed by atoms with van der Waals surface area (Å²) in [5, 5.41) is 14.5. The standard InChI is InChI=1S/C26H32N2O5/c1-5-16(2)23(24(31)28-26(3,4)14-22(29)30)27-25(32)33-15-21-19-12-8-6-10-17(19)18-11-7-9-13-20(18)21/h6-13,16,21,23H,5,14-15H2,1-4H3,(H,27,32)(H,28,31)(H,29,30). The van der Waals surface area contributed by atoms with Crippen molar-refractivity contribution in [1.29, 1.82) is 0 Å². The number of hydrogen-bond donors (Lipinski definition) is 3. The van der Waals surface area contributed by atoms with Gasteiger partial charge in [-0.2, -0.15) is 0 Å². The number of alkyl carbamates (subject to hydrolysis) is 1. The first-order chi connectivity index (χ1) is 15.6. The van der Waals surface area contributed by atoms with Crippen LogP contribution in [0.4, 0.5) is 4.79 Å². The number of amides is 2. The van der Waals surface area contributed by atoms with Crippen LogP contribution in [0, 0.1) is 5.92 Å². The molecule has 176 valence electrons. The predicted octanol–water partition coefficient (Wildman–Crippen LogP) is 4.31. The summed E-state index contributed by atoms with van der Waals surface area (Å²) in [5.41, 5.74) is 3.55. The Hall–Kier alpha value is -3.35. The van der Waals surface area contributed by atoms with Crippen molar-refractivity contribution in [3.05, 3.63) is 59.7 Å². The Morgan fingerprint density at radius 2 is 1.58 bits per heavy atom. The SMILES string of the molecule is CCC(C)C(NC(=O)OCC1c2ccccc2-c2ccccc21)C(=O)NC(C)(C)CC(=O)O. The van der Waals surface area contributed by atoms with Crippen LogP contribution in [0.3, 0.4) is 0 Å². The van der Waals surface area contributed by atoms with Gasteiger partial charge in [0.15, 0.2) is 0 Å². The van der Waals surface area contributed by atoms with Crippen LogP contribution < -0.4 is 10.6 Å². The van der Waals surface area contributed by atoms with E-state index in [1.54, 1.807) is 13.8 Å². The number of hydrogen-bond acceptors (Lipinski definition) is 4. The van der Waals surface area contributed by atoms with Crippen LogP contribution in [-0.2, 0) is 14.3 Å². The molecule has 0 spiro atoms. The topological polar surface area (TPSA) is 105 Å². The summed E-state index contributed by atoms with van der Waals surface area (Å²) in [6.45, 7) is 7.21. The van der Waals surface area contributed by atoms with Crippen molar-refractivity contribution >= 4 is 18.0 Å². The molecule has 2 aromatic rings. The van der Waals surface area contributed by atoms with E-state index in [0.717, 1.165) is 22.3 Å². The van der Waals surface area contributed by atoms with Gasteiger partial charge in [0.1, 0.15) is 12.6 Å². The lowest BCUT2D eigenvalue weighted by Gasteiger charge is -2.30. The highest BCUT2D eigenvalue weighted by atomic mass is 16.5. The van der Waals surface area contributed by atoms with E-state index in [-0.39, 0.29) is 24.9 Å². The molecule has 0 bridgehead atoms. The molecule has 0 radical (unpaired) electrons. The fourth-order valence-electron chi connectivity index (χ4n) is 4.30. The van der Waals surface area contributed by atoms with Crippen molar-refractivity contribution in [2.75, 3.05) is 6.61 Å². The van der Waals surface area contributed by atoms with Crippen LogP contribution in [-0.4, -0.2) is 41.3 Å². The number of ether oxygens (including phenoxy) is 1. The fourth-order valence-corrected chi connectivity index (χ4v) is 4.30. The highest BCUT2D eigenvalue weighted by Crippen LogP contribution is 2.44. The third-order valence-electron chi connectivity index (χ3n) is 6.17. The minimum atomic E-state index is -1.01. The number of carboxylic acids is 1. The van der Waals surface area contributed by atoms with E-state index in [1.807, 2.05) is 50.2 Å². The maximum absolute atomic E-state index is 12.9. The van der Waals surface area contributed by atoms with Crippen LogP contribution in [0.2, 0.25) is 0 Å². The minimum absolute atomic E-state index is 0.0754. The Morgan fingerprint density at radius 3 is 2.09 bits per heavy atom. The number of carbonyl (C=O) groups excluding carboxylic acids is 2. The van der Waals surface area contributed by atoms with E-state index in [2.05, 4.69) is 22.8 Å². The van der Waals surface area contributed by atoms with Crippen molar-refractivity contribution in [2.45, 2.75) is 58.0 Å². The molecule has 1 aliphatic rings. The van der Waals surface area contributed by atoms with Gasteiger partial charge in [0.25, 0.3) is 0 Å². The van der Waals surface area contributed by atoms with E-state index in [9.17, 15) is 14.4 Å². The third kappa shape index (κ3) is 5.72. The number of aliphatic carboxylic acids is 1. The molecule has 7 nitrogen and oxygen atoms in total. The van der Waals surface area contributed by atoms with Crippen molar-refractivity contribution < 1.29 is 24.2 Å². The molecular weight excluding hydrogens is 420 g/mol. The first-order valence-electron chi connectivity index (χ1n) is 11.3. The number of fused-ring (bicyclic) bond motifs is 3. The van der Waals surface area contributed by atoms with Gasteiger partial charge in [-0.05, 0) is 42.0 Å². The second-order valence-corrected chi connectivity index (χ2v) is 9.28. The smallest absolute Gasteiger partial charge is 0.407 e. The van der Waals surface area contributed by atoms with Gasteiger partial charge in [-0.3, -0.25) is 9.59 Å². The number of carbonyl (C=O) groups is 3. The molecule has 2 atom stereocenters. The number of nitrogens with one attached hydrogen (secondary N) is 2. The lowest BCUT2D eigenvalue weighted by atomic mass is 9.95. The molecule has 0 saturated heterocycles. The largest absolute Gasteiger partial charge is 0.481 e. The second-order valence-electron chi connectivity index (χ2n) is 9.28. The van der Waals surface area contributed by atoms with Gasteiger partial charge in [-0.25, -0.2) is 4.79 Å². The zero-order chi connectivity index (χ0) is 24.2. The number of benzene rings is 2. The summed E-state index contributed by atoms with van der Waals surface area (Å²) in [5.74, 6) is -1.67. The maximum Gasteiger partial charge on any atom is 0.407 e. The average molecular weight is 453 g/mol. The Balaban J connectivity index is 1.68. The highest BCUT2D eigenvalue weighted by Gasteiger charge is 2.33. The van der Waals surface area contributed by atoms with E-state index in [1.165, 1.54) is 0 Å². The van der Waals surface area contributed by atoms with Crippen molar-refractivity contribution in [3.63, 3.8) is 0 Å². The Bertz CT molecular complexity index is 987. The van der Waals surface area contributed by atoms with Crippen LogP contribution in [0.15, 0.2) is 48.5 Å². The second kappa shape index (κ2) is 10.1. The molecule has 0 aromatic heterocycles. The zero-order valence-corrected chi connectivity index (χ0v) is 19.6. The lowest BCUT2D eigenvalue weighted by Crippen LogP contribution is -2.56. The summed E-state index contributed by atoms with van der Waals surface area (Å²) in [6.07, 6.45) is -0.244. The Morgan fingerprint density at radius 1 is 1.03 bits per heavy atom. The Kier molecular flexibility index (Phi) is 7.41. The quantitative estimate of drug-likeness (QED) is 0.526. The number of rotatable bonds is 9. The molecule has 0 saturated carbocycles. The minimum Gasteiger partial charge on any atom is -0.481 e. The lowest BCUT2D eigenvalue weighted by molar-refractivity contribution is -0.138. The predicted molar refractivity (Wildman–Crippen MR) is 126 cm³/mol. The Labute approximate surface area is 194 Å². The molecule has 3 N–H and O–H groups in total. The maximum atomic E-state index is 12.9. The molecular formula is C26H32N2O5. The van der Waals surface area contributed by atoms with Crippen LogP contribution in [0.1, 0.15) is 57.6 Å². The first-order valence-corrected chi connectivity index (χ1v) is 11.3. The molecule has 2 unspecified atom stereocenters. The summed E-state index contributed by atoms with van der Waals surface area (Å²) in [4.78, 5) is 36.7. The van der Waals surface area contributed by atoms with Crippen molar-refractivity contribution in [3.8, 4) is 11.1 Å². The highest BCUT2D eigenvalue weighted by molar-refractivity contribution is 5.87. The summed E-state index contributed by atoms with van der Waals surface area (Å²) < 4.78 is 5.59. The van der Waals surface area contributed by atoms with Gasteiger partial charge in [-0.1, -0.05) is 68.8 Å². The van der Waals surface area contributed by atoms with Crippen molar-refractivity contribution in [2.24, 2.45) is 5.92 Å². The molecule has 3 rings (SSSR count). The van der Waals surface area contributed by atoms with Gasteiger partial charge in [-0.15, -0.1) is 0 Å². The van der Waals surface area contributed by atoms with Gasteiger partial charge in [0.05, 0.1) is 6.42 Å². The molecule has 2 amide bonds. The molecule has 33 heavy (non-hydrogen) atoms. The molecule has 1 aliphatic carbocycles. The van der Waals surface area contributed by atoms with Crippen LogP contribution in [0.5, 0.6) is 0 Å². The number of carboxylic acid groups (broad SMARTS) is 1. The van der Waals surface area contributed by atoms with Crippen molar-refractivity contribution in [1.82, 2.24) is 10.6 Å². The van der Waals surface area contributed by atoms with Gasteiger partial charge >= 0.3 is 12.1 Å². The van der Waals surface area contributed by atoms with E-state index >= 15 is 0 Å². The third-order valence-corrected chi connectivity index (χ3v) is 6.17. The average Bonchev–Trinajstić information content (AvgIpc) is 3.08. The summed E-state index contributed by atoms with van der Waals surface area (Å²) in [6, 6.07) is 15.3. The van der Waals surface area contributed by atoms with Crippen LogP contribution in [0.25, 0.3) is 11.1 Å². The monoisotopic (exact) mass is 452 g/mol. The normalized spacial score (nSPS) is 14.5. The van der Waals surface area contributed by atoms with Gasteiger partial charge in [0, 0.05) is 11.5 Å². The van der Waals surface area contributed by atoms with Crippen LogP contribution >= 0.6 is 0 Å². The first kappa shape index (κ1) is 24.3. The molecule has 0 fully saturated rings. The molecule has 7 heteroatoms.